The quantitative estimate of drug-likeness (QED) is 0.320. The predicted octanol–water partition coefficient (Wildman–Crippen LogP) is 4.39. The highest BCUT2D eigenvalue weighted by Crippen LogP contribution is 2.37. The van der Waals surface area contributed by atoms with Crippen molar-refractivity contribution >= 4 is 34.1 Å². The fourth-order valence-corrected chi connectivity index (χ4v) is 5.73. The van der Waals surface area contributed by atoms with Crippen LogP contribution in [-0.4, -0.2) is 79.2 Å². The van der Waals surface area contributed by atoms with E-state index in [9.17, 15) is 22.8 Å². The van der Waals surface area contributed by atoms with E-state index in [2.05, 4.69) is 15.4 Å². The van der Waals surface area contributed by atoms with Crippen molar-refractivity contribution in [1.82, 2.24) is 29.3 Å². The number of fused-ring (bicyclic) bond motifs is 2. The van der Waals surface area contributed by atoms with Gasteiger partial charge in [-0.3, -0.25) is 14.3 Å². The molecule has 11 nitrogen and oxygen atoms in total. The lowest BCUT2D eigenvalue weighted by Crippen LogP contribution is -2.59. The van der Waals surface area contributed by atoms with Crippen molar-refractivity contribution in [3.8, 4) is 5.75 Å². The van der Waals surface area contributed by atoms with Crippen LogP contribution >= 0.6 is 0 Å². The van der Waals surface area contributed by atoms with E-state index in [1.165, 1.54) is 6.20 Å². The van der Waals surface area contributed by atoms with Crippen LogP contribution in [0.4, 0.5) is 18.9 Å². The first kappa shape index (κ1) is 27.6. The maximum Gasteiger partial charge on any atom is 0.471 e. The van der Waals surface area contributed by atoms with Gasteiger partial charge in [-0.15, -0.1) is 0 Å². The molecule has 4 aromatic rings. The van der Waals surface area contributed by atoms with Crippen molar-refractivity contribution in [2.24, 2.45) is 5.92 Å². The highest BCUT2D eigenvalue weighted by molar-refractivity contribution is 6.09. The van der Waals surface area contributed by atoms with Crippen molar-refractivity contribution in [3.63, 3.8) is 0 Å². The van der Waals surface area contributed by atoms with Crippen LogP contribution in [0.15, 0.2) is 43.0 Å². The number of amides is 2. The Bertz CT molecular complexity index is 1670. The van der Waals surface area contributed by atoms with Crippen LogP contribution in [0.5, 0.6) is 5.75 Å². The second-order valence-electron chi connectivity index (χ2n) is 11.6. The van der Waals surface area contributed by atoms with Crippen LogP contribution < -0.4 is 10.1 Å². The third kappa shape index (κ3) is 5.75. The number of carbonyl (C=O) groups is 2. The van der Waals surface area contributed by atoms with E-state index in [1.54, 1.807) is 23.0 Å². The number of nitrogens with one attached hydrogen (secondary N) is 1. The molecule has 2 amide bonds. The van der Waals surface area contributed by atoms with E-state index >= 15 is 0 Å². The third-order valence-corrected chi connectivity index (χ3v) is 8.35. The van der Waals surface area contributed by atoms with E-state index < -0.39 is 12.1 Å². The van der Waals surface area contributed by atoms with E-state index in [1.807, 2.05) is 23.0 Å². The molecule has 4 heterocycles. The zero-order chi connectivity index (χ0) is 29.7. The number of benzene rings is 1. The van der Waals surface area contributed by atoms with Crippen LogP contribution in [0, 0.1) is 5.92 Å². The molecule has 0 unspecified atom stereocenters. The fourth-order valence-electron chi connectivity index (χ4n) is 5.73. The first-order chi connectivity index (χ1) is 20.7. The van der Waals surface area contributed by atoms with E-state index in [0.717, 1.165) is 54.3 Å². The van der Waals surface area contributed by atoms with Crippen molar-refractivity contribution < 1.29 is 32.2 Å². The Kier molecular flexibility index (Phi) is 6.95. The van der Waals surface area contributed by atoms with Crippen LogP contribution in [-0.2, 0) is 9.53 Å². The lowest BCUT2D eigenvalue weighted by atomic mass is 9.92. The zero-order valence-corrected chi connectivity index (χ0v) is 23.2. The van der Waals surface area contributed by atoms with Gasteiger partial charge in [0.1, 0.15) is 11.3 Å². The summed E-state index contributed by atoms with van der Waals surface area (Å²) >= 11 is 0. The molecule has 1 saturated heterocycles. The number of alkyl halides is 3. The highest BCUT2D eigenvalue weighted by atomic mass is 19.4. The summed E-state index contributed by atoms with van der Waals surface area (Å²) in [4.78, 5) is 29.6. The van der Waals surface area contributed by atoms with Crippen LogP contribution in [0.3, 0.4) is 0 Å². The summed E-state index contributed by atoms with van der Waals surface area (Å²) in [6.45, 7) is 0.516. The Morgan fingerprint density at radius 1 is 1.05 bits per heavy atom. The molecule has 0 bridgehead atoms. The third-order valence-electron chi connectivity index (χ3n) is 8.35. The number of aromatic nitrogens is 5. The number of carbonyl (C=O) groups excluding carboxylic acids is 2. The molecule has 1 aliphatic heterocycles. The summed E-state index contributed by atoms with van der Waals surface area (Å²) in [6.07, 6.45) is 6.86. The van der Waals surface area contributed by atoms with Crippen LogP contribution in [0.25, 0.3) is 16.6 Å². The smallest absolute Gasteiger partial charge is 0.471 e. The summed E-state index contributed by atoms with van der Waals surface area (Å²) in [5.41, 5.74) is 2.11. The van der Waals surface area contributed by atoms with Gasteiger partial charge in [-0.1, -0.05) is 0 Å². The van der Waals surface area contributed by atoms with Gasteiger partial charge in [0.2, 0.25) is 0 Å². The molecule has 0 atom stereocenters. The molecule has 0 radical (unpaired) electrons. The molecule has 43 heavy (non-hydrogen) atoms. The minimum atomic E-state index is -4.85. The Morgan fingerprint density at radius 3 is 2.58 bits per heavy atom. The summed E-state index contributed by atoms with van der Waals surface area (Å²) in [6, 6.07) is 5.61. The summed E-state index contributed by atoms with van der Waals surface area (Å²) in [7, 11) is 0. The number of nitrogens with zero attached hydrogens (tertiary/aromatic N) is 6. The Hall–Kier alpha value is -4.20. The molecule has 2 saturated carbocycles. The molecule has 0 spiro atoms. The van der Waals surface area contributed by atoms with Gasteiger partial charge in [-0.25, -0.2) is 9.50 Å². The molecule has 7 rings (SSSR count). The van der Waals surface area contributed by atoms with Crippen molar-refractivity contribution in [2.75, 3.05) is 25.0 Å². The highest BCUT2D eigenvalue weighted by Gasteiger charge is 2.47. The van der Waals surface area contributed by atoms with Gasteiger partial charge in [0, 0.05) is 43.1 Å². The molecule has 3 aliphatic rings. The molecule has 3 fully saturated rings. The zero-order valence-electron chi connectivity index (χ0n) is 23.2. The number of hydrogen-bond acceptors (Lipinski definition) is 7. The summed E-state index contributed by atoms with van der Waals surface area (Å²) in [5, 5.41) is 12.9. The number of hydrogen-bond donors (Lipinski definition) is 1. The first-order valence-corrected chi connectivity index (χ1v) is 14.5. The number of halogens is 3. The predicted molar refractivity (Wildman–Crippen MR) is 148 cm³/mol. The maximum absolute atomic E-state index is 13.2. The lowest BCUT2D eigenvalue weighted by Gasteiger charge is -2.41. The summed E-state index contributed by atoms with van der Waals surface area (Å²) in [5.74, 6) is -1.07. The topological polar surface area (TPSA) is 116 Å². The first-order valence-electron chi connectivity index (χ1n) is 14.5. The molecule has 3 aromatic heterocycles. The number of rotatable bonds is 8. The van der Waals surface area contributed by atoms with Gasteiger partial charge in [-0.2, -0.15) is 23.4 Å². The Morgan fingerprint density at radius 2 is 1.84 bits per heavy atom. The summed E-state index contributed by atoms with van der Waals surface area (Å²) < 4.78 is 53.4. The normalized spacial score (nSPS) is 21.2. The fraction of sp³-hybridized carbons (Fsp3) is 0.483. The van der Waals surface area contributed by atoms with Gasteiger partial charge in [-0.05, 0) is 56.6 Å². The minimum Gasteiger partial charge on any atom is -0.491 e. The van der Waals surface area contributed by atoms with Crippen LogP contribution in [0.2, 0.25) is 0 Å². The molecule has 226 valence electrons. The molecule has 2 aliphatic carbocycles. The monoisotopic (exact) mass is 597 g/mol. The number of anilines is 1. The second-order valence-corrected chi connectivity index (χ2v) is 11.6. The molecule has 1 aromatic carbocycles. The van der Waals surface area contributed by atoms with Crippen molar-refractivity contribution in [2.45, 2.75) is 63.0 Å². The van der Waals surface area contributed by atoms with E-state index in [4.69, 9.17) is 14.6 Å². The molecular weight excluding hydrogens is 567 g/mol. The van der Waals surface area contributed by atoms with Gasteiger partial charge in [0.15, 0.2) is 5.65 Å². The van der Waals surface area contributed by atoms with E-state index in [-0.39, 0.29) is 37.2 Å². The minimum absolute atomic E-state index is 0.0270. The maximum atomic E-state index is 13.2. The molecule has 1 N–H and O–H groups in total. The van der Waals surface area contributed by atoms with Crippen LogP contribution in [0.1, 0.15) is 54.9 Å². The average molecular weight is 598 g/mol. The number of likely N-dealkylation sites (tertiary alicyclic amines) is 1. The largest absolute Gasteiger partial charge is 0.491 e. The average Bonchev–Trinajstić information content (AvgIpc) is 3.55. The van der Waals surface area contributed by atoms with Gasteiger partial charge in [0.05, 0.1) is 42.3 Å². The van der Waals surface area contributed by atoms with Crippen molar-refractivity contribution in [1.29, 1.82) is 0 Å². The van der Waals surface area contributed by atoms with Gasteiger partial charge >= 0.3 is 12.1 Å². The second kappa shape index (κ2) is 10.8. The molecular formula is C29H30F3N7O4. The standard InChI is InChI=1S/C29H30F3N7O4/c30-29(31,32)28(41)37-14-21(15-37)43-20-6-4-19(5-7-20)39-13-18-10-24(25(11-23(18)36-39)42-16-17-2-3-17)35-27(40)22-12-34-38-9-1-8-33-26(22)38/h1,8-13,17,19-21H,2-7,14-16H2,(H,35,40). The van der Waals surface area contributed by atoms with E-state index in [0.29, 0.717) is 35.2 Å². The SMILES string of the molecule is O=C(Nc1cc2cn(C3CCC(OC4CN(C(=O)C(F)(F)F)C4)CC3)nc2cc1OCC1CC1)c1cnn2cccnc12. The Balaban J connectivity index is 1.02. The van der Waals surface area contributed by atoms with Gasteiger partial charge < -0.3 is 19.7 Å². The van der Waals surface area contributed by atoms with Crippen molar-refractivity contribution in [3.05, 3.63) is 48.5 Å². The Labute approximate surface area is 243 Å². The molecule has 14 heteroatoms. The lowest BCUT2D eigenvalue weighted by molar-refractivity contribution is -0.199. The number of ether oxygens (including phenoxy) is 2. The van der Waals surface area contributed by atoms with Gasteiger partial charge in [0.25, 0.3) is 5.91 Å².